The first-order chi connectivity index (χ1) is 19.3. The van der Waals surface area contributed by atoms with Crippen molar-refractivity contribution >= 4 is 22.8 Å². The third-order valence-electron chi connectivity index (χ3n) is 6.51. The summed E-state index contributed by atoms with van der Waals surface area (Å²) in [4.78, 5) is 43.0. The zero-order valence-electron chi connectivity index (χ0n) is 22.7. The number of ether oxygens (including phenoxy) is 1. The second-order valence-corrected chi connectivity index (χ2v) is 10.1. The van der Waals surface area contributed by atoms with Crippen LogP contribution in [0.1, 0.15) is 31.4 Å². The van der Waals surface area contributed by atoms with E-state index in [9.17, 15) is 18.8 Å². The van der Waals surface area contributed by atoms with Gasteiger partial charge in [-0.05, 0) is 54.3 Å². The van der Waals surface area contributed by atoms with Gasteiger partial charge in [-0.1, -0.05) is 56.3 Å². The Morgan fingerprint density at radius 2 is 1.57 bits per heavy atom. The highest BCUT2D eigenvalue weighted by molar-refractivity contribution is 5.85. The van der Waals surface area contributed by atoms with Gasteiger partial charge in [0.05, 0.1) is 30.3 Å². The van der Waals surface area contributed by atoms with Gasteiger partial charge in [-0.3, -0.25) is 14.4 Å². The lowest BCUT2D eigenvalue weighted by Gasteiger charge is -2.28. The van der Waals surface area contributed by atoms with E-state index in [2.05, 4.69) is 0 Å². The largest absolute Gasteiger partial charge is 0.484 e. The minimum Gasteiger partial charge on any atom is -0.484 e. The van der Waals surface area contributed by atoms with Crippen LogP contribution in [-0.4, -0.2) is 41.3 Å². The average Bonchev–Trinajstić information content (AvgIpc) is 2.96. The molecule has 0 radical (unpaired) electrons. The molecule has 0 atom stereocenters. The van der Waals surface area contributed by atoms with Crippen molar-refractivity contribution in [3.8, 4) is 5.75 Å². The summed E-state index contributed by atoms with van der Waals surface area (Å²) in [5.41, 5.74) is 1.22. The van der Waals surface area contributed by atoms with Crippen LogP contribution in [0, 0.1) is 11.7 Å². The summed E-state index contributed by atoms with van der Waals surface area (Å²) in [5, 5.41) is 0.418. The normalized spacial score (nSPS) is 11.0. The monoisotopic (exact) mass is 544 g/mol. The van der Waals surface area contributed by atoms with Gasteiger partial charge in [-0.2, -0.15) is 0 Å². The van der Waals surface area contributed by atoms with Crippen LogP contribution < -0.4 is 10.2 Å². The number of carbonyl (C=O) groups excluding carboxylic acids is 2. The number of benzene rings is 3. The molecule has 0 saturated heterocycles. The molecular weight excluding hydrogens is 511 g/mol. The van der Waals surface area contributed by atoms with E-state index in [-0.39, 0.29) is 49.3 Å². The SMILES string of the molecule is CC(C)CCN(CC(=O)N(Cc1ccc(F)cc1)Cc1coc2ccccc2c1=O)C(=O)COc1ccccc1. The van der Waals surface area contributed by atoms with Crippen molar-refractivity contribution < 1.29 is 23.1 Å². The van der Waals surface area contributed by atoms with Crippen LogP contribution in [0.3, 0.4) is 0 Å². The first kappa shape index (κ1) is 28.5. The van der Waals surface area contributed by atoms with Gasteiger partial charge in [-0.25, -0.2) is 4.39 Å². The van der Waals surface area contributed by atoms with Gasteiger partial charge in [0.25, 0.3) is 5.91 Å². The van der Waals surface area contributed by atoms with Crippen molar-refractivity contribution in [2.75, 3.05) is 19.7 Å². The molecule has 0 spiro atoms. The molecule has 40 heavy (non-hydrogen) atoms. The lowest BCUT2D eigenvalue weighted by molar-refractivity contribution is -0.142. The number of para-hydroxylation sites is 2. The smallest absolute Gasteiger partial charge is 0.260 e. The molecule has 2 amide bonds. The van der Waals surface area contributed by atoms with E-state index < -0.39 is 0 Å². The van der Waals surface area contributed by atoms with Gasteiger partial charge in [0.1, 0.15) is 17.1 Å². The minimum atomic E-state index is -0.388. The van der Waals surface area contributed by atoms with Crippen LogP contribution in [0.25, 0.3) is 11.0 Å². The van der Waals surface area contributed by atoms with E-state index in [1.54, 1.807) is 48.5 Å². The molecule has 0 N–H and O–H groups in total. The van der Waals surface area contributed by atoms with Crippen LogP contribution in [0.2, 0.25) is 0 Å². The molecule has 0 aliphatic rings. The van der Waals surface area contributed by atoms with E-state index in [0.717, 1.165) is 0 Å². The third-order valence-corrected chi connectivity index (χ3v) is 6.51. The summed E-state index contributed by atoms with van der Waals surface area (Å²) in [6, 6.07) is 21.7. The van der Waals surface area contributed by atoms with E-state index in [0.29, 0.717) is 46.7 Å². The Bertz CT molecular complexity index is 1480. The number of halogens is 1. The number of fused-ring (bicyclic) bond motifs is 1. The maximum atomic E-state index is 13.7. The summed E-state index contributed by atoms with van der Waals surface area (Å²) in [5.74, 6) is -0.177. The molecule has 0 bridgehead atoms. The Hall–Kier alpha value is -4.46. The van der Waals surface area contributed by atoms with Crippen LogP contribution >= 0.6 is 0 Å². The molecule has 208 valence electrons. The van der Waals surface area contributed by atoms with Crippen LogP contribution in [0.5, 0.6) is 5.75 Å². The van der Waals surface area contributed by atoms with E-state index >= 15 is 0 Å². The number of hydrogen-bond acceptors (Lipinski definition) is 5. The van der Waals surface area contributed by atoms with Crippen LogP contribution in [0.4, 0.5) is 4.39 Å². The molecule has 0 aliphatic carbocycles. The molecule has 0 unspecified atom stereocenters. The number of rotatable bonds is 12. The fourth-order valence-corrected chi connectivity index (χ4v) is 4.20. The molecule has 0 saturated carbocycles. The highest BCUT2D eigenvalue weighted by Gasteiger charge is 2.24. The Labute approximate surface area is 232 Å². The first-order valence-electron chi connectivity index (χ1n) is 13.3. The lowest BCUT2D eigenvalue weighted by Crippen LogP contribution is -2.45. The van der Waals surface area contributed by atoms with Crippen LogP contribution in [-0.2, 0) is 22.7 Å². The fraction of sp³-hybridized carbons (Fsp3) is 0.281. The summed E-state index contributed by atoms with van der Waals surface area (Å²) in [6.45, 7) is 4.16. The quantitative estimate of drug-likeness (QED) is 0.238. The fourth-order valence-electron chi connectivity index (χ4n) is 4.20. The predicted molar refractivity (Wildman–Crippen MR) is 151 cm³/mol. The van der Waals surface area contributed by atoms with Crippen LogP contribution in [0.15, 0.2) is 94.3 Å². The lowest BCUT2D eigenvalue weighted by atomic mass is 10.1. The van der Waals surface area contributed by atoms with Crippen molar-refractivity contribution in [2.24, 2.45) is 5.92 Å². The standard InChI is InChI=1S/C32H33FN2O5/c1-23(2)16-17-34(31(37)22-39-27-8-4-3-5-9-27)20-30(36)35(18-24-12-14-26(33)15-13-24)19-25-21-40-29-11-7-6-10-28(29)32(25)38/h3-15,21,23H,16-20,22H2,1-2H3. The third kappa shape index (κ3) is 7.79. The van der Waals surface area contributed by atoms with Gasteiger partial charge in [0, 0.05) is 13.1 Å². The molecule has 1 heterocycles. The van der Waals surface area contributed by atoms with Crippen molar-refractivity contribution in [1.82, 2.24) is 9.80 Å². The topological polar surface area (TPSA) is 80.1 Å². The van der Waals surface area contributed by atoms with Crippen molar-refractivity contribution in [3.05, 3.63) is 112 Å². The zero-order valence-corrected chi connectivity index (χ0v) is 22.7. The number of hydrogen-bond donors (Lipinski definition) is 0. The Morgan fingerprint density at radius 1 is 0.875 bits per heavy atom. The number of nitrogens with zero attached hydrogens (tertiary/aromatic N) is 2. The van der Waals surface area contributed by atoms with E-state index in [1.807, 2.05) is 32.0 Å². The number of carbonyl (C=O) groups is 2. The van der Waals surface area contributed by atoms with Gasteiger partial charge >= 0.3 is 0 Å². The molecule has 8 heteroatoms. The molecule has 0 aliphatic heterocycles. The predicted octanol–water partition coefficient (Wildman–Crippen LogP) is 5.41. The van der Waals surface area contributed by atoms with Crippen molar-refractivity contribution in [1.29, 1.82) is 0 Å². The molecular formula is C32H33FN2O5. The number of amides is 2. The van der Waals surface area contributed by atoms with Gasteiger partial charge < -0.3 is 19.0 Å². The summed E-state index contributed by atoms with van der Waals surface area (Å²) in [7, 11) is 0. The Balaban J connectivity index is 1.56. The van der Waals surface area contributed by atoms with E-state index in [4.69, 9.17) is 9.15 Å². The summed E-state index contributed by atoms with van der Waals surface area (Å²) < 4.78 is 24.9. The van der Waals surface area contributed by atoms with Gasteiger partial charge in [0.2, 0.25) is 5.91 Å². The molecule has 7 nitrogen and oxygen atoms in total. The summed E-state index contributed by atoms with van der Waals surface area (Å²) >= 11 is 0. The molecule has 0 fully saturated rings. The summed E-state index contributed by atoms with van der Waals surface area (Å²) in [6.07, 6.45) is 2.07. The zero-order chi connectivity index (χ0) is 28.5. The molecule has 4 aromatic rings. The molecule has 3 aromatic carbocycles. The Morgan fingerprint density at radius 3 is 2.30 bits per heavy atom. The molecule has 1 aromatic heterocycles. The average molecular weight is 545 g/mol. The van der Waals surface area contributed by atoms with Crippen molar-refractivity contribution in [3.63, 3.8) is 0 Å². The maximum absolute atomic E-state index is 13.7. The van der Waals surface area contributed by atoms with Crippen molar-refractivity contribution in [2.45, 2.75) is 33.4 Å². The first-order valence-corrected chi connectivity index (χ1v) is 13.3. The highest BCUT2D eigenvalue weighted by atomic mass is 19.1. The second-order valence-electron chi connectivity index (χ2n) is 10.1. The minimum absolute atomic E-state index is 0.0316. The van der Waals surface area contributed by atoms with Gasteiger partial charge in [-0.15, -0.1) is 0 Å². The Kier molecular flexibility index (Phi) is 9.67. The molecule has 4 rings (SSSR count). The second kappa shape index (κ2) is 13.6. The van der Waals surface area contributed by atoms with Gasteiger partial charge in [0.15, 0.2) is 12.0 Å². The maximum Gasteiger partial charge on any atom is 0.260 e. The highest BCUT2D eigenvalue weighted by Crippen LogP contribution is 2.15. The van der Waals surface area contributed by atoms with E-state index in [1.165, 1.54) is 28.2 Å².